The smallest absolute Gasteiger partial charge is 0.257 e. The maximum Gasteiger partial charge on any atom is 0.257 e. The fourth-order valence-corrected chi connectivity index (χ4v) is 4.02. The number of aromatic nitrogens is 4. The monoisotopic (exact) mass is 468 g/mol. The van der Waals surface area contributed by atoms with Gasteiger partial charge in [0.2, 0.25) is 5.95 Å². The summed E-state index contributed by atoms with van der Waals surface area (Å²) in [4.78, 5) is 21.9. The number of methoxy groups -OCH3 is 1. The molecule has 2 aromatic carbocycles. The van der Waals surface area contributed by atoms with Crippen molar-refractivity contribution in [1.82, 2.24) is 19.7 Å². The molecular weight excluding hydrogens is 444 g/mol. The van der Waals surface area contributed by atoms with E-state index in [4.69, 9.17) is 9.47 Å². The Balaban J connectivity index is 1.48. The van der Waals surface area contributed by atoms with Gasteiger partial charge in [-0.25, -0.2) is 9.67 Å². The molecule has 2 aromatic heterocycles. The second kappa shape index (κ2) is 9.68. The Morgan fingerprint density at radius 3 is 2.66 bits per heavy atom. The van der Waals surface area contributed by atoms with Crippen molar-refractivity contribution in [3.63, 3.8) is 0 Å². The molecule has 2 N–H and O–H groups in total. The molecule has 0 radical (unpaired) electrons. The molecule has 9 nitrogen and oxygen atoms in total. The lowest BCUT2D eigenvalue weighted by atomic mass is 9.94. The van der Waals surface area contributed by atoms with E-state index in [9.17, 15) is 4.79 Å². The van der Waals surface area contributed by atoms with Crippen LogP contribution < -0.4 is 20.1 Å². The Hall–Kier alpha value is -4.66. The molecule has 0 bridgehead atoms. The highest BCUT2D eigenvalue weighted by Gasteiger charge is 2.34. The van der Waals surface area contributed by atoms with Crippen molar-refractivity contribution in [2.24, 2.45) is 0 Å². The Kier molecular flexibility index (Phi) is 6.13. The summed E-state index contributed by atoms with van der Waals surface area (Å²) < 4.78 is 13.3. The SMILES string of the molecule is COc1cc([C@@H]2C(C(=O)Nc3ccccn3)=C(C)Nc3ncnn32)ccc1OCc1ccccc1. The first-order valence-corrected chi connectivity index (χ1v) is 11.1. The summed E-state index contributed by atoms with van der Waals surface area (Å²) >= 11 is 0. The zero-order valence-corrected chi connectivity index (χ0v) is 19.3. The quantitative estimate of drug-likeness (QED) is 0.419. The van der Waals surface area contributed by atoms with Gasteiger partial charge in [-0.1, -0.05) is 42.5 Å². The highest BCUT2D eigenvalue weighted by atomic mass is 16.5. The summed E-state index contributed by atoms with van der Waals surface area (Å²) in [6.07, 6.45) is 3.08. The van der Waals surface area contributed by atoms with Crippen molar-refractivity contribution in [2.45, 2.75) is 19.6 Å². The summed E-state index contributed by atoms with van der Waals surface area (Å²) in [5.74, 6) is 1.88. The molecule has 1 atom stereocenters. The van der Waals surface area contributed by atoms with Crippen molar-refractivity contribution < 1.29 is 14.3 Å². The van der Waals surface area contributed by atoms with Gasteiger partial charge in [-0.05, 0) is 42.3 Å². The minimum absolute atomic E-state index is 0.289. The van der Waals surface area contributed by atoms with Gasteiger partial charge in [0.25, 0.3) is 5.91 Å². The normalized spacial score (nSPS) is 14.6. The van der Waals surface area contributed by atoms with Gasteiger partial charge in [0.1, 0.15) is 24.8 Å². The van der Waals surface area contributed by atoms with Crippen LogP contribution in [0.25, 0.3) is 0 Å². The molecule has 1 aliphatic rings. The molecule has 1 aliphatic heterocycles. The predicted octanol–water partition coefficient (Wildman–Crippen LogP) is 4.19. The molecule has 5 rings (SSSR count). The van der Waals surface area contributed by atoms with Gasteiger partial charge in [0.15, 0.2) is 11.5 Å². The van der Waals surface area contributed by atoms with Crippen molar-refractivity contribution in [3.05, 3.63) is 102 Å². The zero-order chi connectivity index (χ0) is 24.2. The Morgan fingerprint density at radius 1 is 1.06 bits per heavy atom. The number of allylic oxidation sites excluding steroid dienone is 1. The highest BCUT2D eigenvalue weighted by molar-refractivity contribution is 6.05. The molecule has 3 heterocycles. The van der Waals surface area contributed by atoms with Crippen LogP contribution in [-0.2, 0) is 11.4 Å². The van der Waals surface area contributed by atoms with E-state index in [1.807, 2.05) is 61.5 Å². The third-order valence-corrected chi connectivity index (χ3v) is 5.69. The first-order chi connectivity index (χ1) is 17.1. The standard InChI is InChI=1S/C26H24N6O3/c1-17-23(25(33)31-22-10-6-7-13-27-22)24(32-26(30-17)28-16-29-32)19-11-12-20(21(14-19)34-2)35-15-18-8-4-3-5-9-18/h3-14,16,24H,15H2,1-2H3,(H,27,31,33)(H,28,29,30)/t24-/m1/s1. The van der Waals surface area contributed by atoms with Crippen LogP contribution in [0.2, 0.25) is 0 Å². The molecule has 35 heavy (non-hydrogen) atoms. The molecule has 0 fully saturated rings. The molecular formula is C26H24N6O3. The van der Waals surface area contributed by atoms with E-state index in [0.29, 0.717) is 41.1 Å². The van der Waals surface area contributed by atoms with Gasteiger partial charge in [0.05, 0.1) is 12.7 Å². The number of nitrogens with zero attached hydrogens (tertiary/aromatic N) is 4. The van der Waals surface area contributed by atoms with E-state index < -0.39 is 6.04 Å². The summed E-state index contributed by atoms with van der Waals surface area (Å²) in [6.45, 7) is 2.25. The van der Waals surface area contributed by atoms with E-state index in [2.05, 4.69) is 25.7 Å². The summed E-state index contributed by atoms with van der Waals surface area (Å²) in [6, 6.07) is 20.3. The third-order valence-electron chi connectivity index (χ3n) is 5.69. The molecule has 0 saturated heterocycles. The number of ether oxygens (including phenoxy) is 2. The number of carbonyl (C=O) groups excluding carboxylic acids is 1. The van der Waals surface area contributed by atoms with E-state index in [-0.39, 0.29) is 5.91 Å². The molecule has 0 spiro atoms. The molecule has 0 aliphatic carbocycles. The van der Waals surface area contributed by atoms with Crippen LogP contribution in [0.5, 0.6) is 11.5 Å². The fourth-order valence-electron chi connectivity index (χ4n) is 4.02. The lowest BCUT2D eigenvalue weighted by molar-refractivity contribution is -0.113. The number of hydrogen-bond donors (Lipinski definition) is 2. The summed E-state index contributed by atoms with van der Waals surface area (Å²) in [7, 11) is 1.59. The Morgan fingerprint density at radius 2 is 1.89 bits per heavy atom. The zero-order valence-electron chi connectivity index (χ0n) is 19.3. The number of amides is 1. The first kappa shape index (κ1) is 22.1. The predicted molar refractivity (Wildman–Crippen MR) is 131 cm³/mol. The number of pyridine rings is 1. The van der Waals surface area contributed by atoms with E-state index in [1.165, 1.54) is 6.33 Å². The van der Waals surface area contributed by atoms with Crippen LogP contribution in [0, 0.1) is 0 Å². The molecule has 4 aromatic rings. The number of nitrogens with one attached hydrogen (secondary N) is 2. The average molecular weight is 469 g/mol. The van der Waals surface area contributed by atoms with Gasteiger partial charge in [-0.3, -0.25) is 4.79 Å². The largest absolute Gasteiger partial charge is 0.493 e. The van der Waals surface area contributed by atoms with Gasteiger partial charge in [0, 0.05) is 11.9 Å². The van der Waals surface area contributed by atoms with Crippen LogP contribution in [0.4, 0.5) is 11.8 Å². The van der Waals surface area contributed by atoms with Crippen LogP contribution in [0.1, 0.15) is 24.1 Å². The topological polar surface area (TPSA) is 103 Å². The summed E-state index contributed by atoms with van der Waals surface area (Å²) in [5.41, 5.74) is 3.02. The lowest BCUT2D eigenvalue weighted by Gasteiger charge is -2.29. The number of carbonyl (C=O) groups is 1. The molecule has 176 valence electrons. The van der Waals surface area contributed by atoms with E-state index in [0.717, 1.165) is 11.1 Å². The van der Waals surface area contributed by atoms with Crippen LogP contribution in [0.15, 0.2) is 90.5 Å². The maximum absolute atomic E-state index is 13.4. The lowest BCUT2D eigenvalue weighted by Crippen LogP contribution is -2.31. The maximum atomic E-state index is 13.4. The fraction of sp³-hybridized carbons (Fsp3) is 0.154. The van der Waals surface area contributed by atoms with Gasteiger partial charge in [-0.2, -0.15) is 10.1 Å². The Labute approximate surface area is 202 Å². The van der Waals surface area contributed by atoms with E-state index in [1.54, 1.807) is 30.1 Å². The minimum atomic E-state index is -0.533. The third kappa shape index (κ3) is 4.56. The molecule has 0 unspecified atom stereocenters. The van der Waals surface area contributed by atoms with E-state index >= 15 is 0 Å². The van der Waals surface area contributed by atoms with Crippen LogP contribution in [0.3, 0.4) is 0 Å². The number of anilines is 2. The average Bonchev–Trinajstić information content (AvgIpc) is 3.35. The van der Waals surface area contributed by atoms with Crippen LogP contribution >= 0.6 is 0 Å². The van der Waals surface area contributed by atoms with Crippen LogP contribution in [-0.4, -0.2) is 32.8 Å². The van der Waals surface area contributed by atoms with Crippen molar-refractivity contribution in [1.29, 1.82) is 0 Å². The number of rotatable bonds is 7. The van der Waals surface area contributed by atoms with Gasteiger partial charge >= 0.3 is 0 Å². The van der Waals surface area contributed by atoms with Crippen molar-refractivity contribution in [2.75, 3.05) is 17.7 Å². The summed E-state index contributed by atoms with van der Waals surface area (Å²) in [5, 5.41) is 10.4. The van der Waals surface area contributed by atoms with Gasteiger partial charge in [-0.15, -0.1) is 0 Å². The van der Waals surface area contributed by atoms with Crippen molar-refractivity contribution >= 4 is 17.7 Å². The number of hydrogen-bond acceptors (Lipinski definition) is 7. The number of benzene rings is 2. The van der Waals surface area contributed by atoms with Gasteiger partial charge < -0.3 is 20.1 Å². The van der Waals surface area contributed by atoms with Crippen molar-refractivity contribution in [3.8, 4) is 11.5 Å². The molecule has 9 heteroatoms. The number of fused-ring (bicyclic) bond motifs is 1. The molecule has 0 saturated carbocycles. The highest BCUT2D eigenvalue weighted by Crippen LogP contribution is 2.39. The second-order valence-corrected chi connectivity index (χ2v) is 7.95. The molecule has 1 amide bonds. The Bertz CT molecular complexity index is 1370. The minimum Gasteiger partial charge on any atom is -0.493 e. The second-order valence-electron chi connectivity index (χ2n) is 7.95. The first-order valence-electron chi connectivity index (χ1n) is 11.1.